The molecule has 3 rings (SSSR count). The number of rotatable bonds is 5. The Bertz CT molecular complexity index is 885. The van der Waals surface area contributed by atoms with Crippen LogP contribution in [0.4, 0.5) is 11.4 Å². The summed E-state index contributed by atoms with van der Waals surface area (Å²) in [6.07, 6.45) is 0. The third-order valence-corrected chi connectivity index (χ3v) is 5.72. The number of anilines is 2. The van der Waals surface area contributed by atoms with Gasteiger partial charge in [0.1, 0.15) is 0 Å². The van der Waals surface area contributed by atoms with Crippen molar-refractivity contribution in [1.82, 2.24) is 4.90 Å². The molecule has 154 valence electrons. The Morgan fingerprint density at radius 2 is 1.90 bits per heavy atom. The minimum absolute atomic E-state index is 0.00171. The monoisotopic (exact) mass is 459 g/mol. The maximum atomic E-state index is 12.5. The molecule has 0 spiro atoms. The number of benzene rings is 2. The SMILES string of the molecule is COC(=O)c1ccc(N2CCN(CC(=O)Nc3ccc(Br)cc3C)C(C)C2)cc1. The molecule has 1 heterocycles. The van der Waals surface area contributed by atoms with Gasteiger partial charge in [-0.1, -0.05) is 15.9 Å². The molecule has 0 saturated carbocycles. The highest BCUT2D eigenvalue weighted by Gasteiger charge is 2.25. The van der Waals surface area contributed by atoms with Crippen LogP contribution in [0.5, 0.6) is 0 Å². The third kappa shape index (κ3) is 5.36. The van der Waals surface area contributed by atoms with Gasteiger partial charge in [0, 0.05) is 41.5 Å². The number of piperazine rings is 1. The van der Waals surface area contributed by atoms with Crippen LogP contribution in [-0.4, -0.2) is 56.1 Å². The van der Waals surface area contributed by atoms with Crippen LogP contribution in [0.25, 0.3) is 0 Å². The van der Waals surface area contributed by atoms with Crippen molar-refractivity contribution in [2.75, 3.05) is 43.5 Å². The minimum Gasteiger partial charge on any atom is -0.465 e. The summed E-state index contributed by atoms with van der Waals surface area (Å²) >= 11 is 3.44. The highest BCUT2D eigenvalue weighted by molar-refractivity contribution is 9.10. The van der Waals surface area contributed by atoms with Crippen molar-refractivity contribution in [3.05, 3.63) is 58.1 Å². The molecular formula is C22H26BrN3O3. The number of amides is 1. The minimum atomic E-state index is -0.332. The lowest BCUT2D eigenvalue weighted by Crippen LogP contribution is -2.53. The topological polar surface area (TPSA) is 61.9 Å². The van der Waals surface area contributed by atoms with Crippen LogP contribution in [0, 0.1) is 6.92 Å². The van der Waals surface area contributed by atoms with E-state index in [2.05, 4.69) is 38.0 Å². The molecule has 29 heavy (non-hydrogen) atoms. The number of esters is 1. The van der Waals surface area contributed by atoms with E-state index in [4.69, 9.17) is 4.74 Å². The number of carbonyl (C=O) groups is 2. The average Bonchev–Trinajstić information content (AvgIpc) is 2.71. The molecule has 1 fully saturated rings. The summed E-state index contributed by atoms with van der Waals surface area (Å²) in [7, 11) is 1.38. The molecule has 7 heteroatoms. The maximum Gasteiger partial charge on any atom is 0.337 e. The van der Waals surface area contributed by atoms with E-state index in [1.807, 2.05) is 37.3 Å². The zero-order chi connectivity index (χ0) is 21.0. The largest absolute Gasteiger partial charge is 0.465 e. The number of nitrogens with zero attached hydrogens (tertiary/aromatic N) is 2. The number of hydrogen-bond acceptors (Lipinski definition) is 5. The highest BCUT2D eigenvalue weighted by atomic mass is 79.9. The first-order valence-electron chi connectivity index (χ1n) is 9.60. The van der Waals surface area contributed by atoms with Crippen LogP contribution in [0.2, 0.25) is 0 Å². The summed E-state index contributed by atoms with van der Waals surface area (Å²) < 4.78 is 5.74. The molecule has 1 saturated heterocycles. The number of aryl methyl sites for hydroxylation is 1. The van der Waals surface area contributed by atoms with Crippen molar-refractivity contribution < 1.29 is 14.3 Å². The molecule has 0 radical (unpaired) electrons. The predicted octanol–water partition coefficient (Wildman–Crippen LogP) is 3.69. The lowest BCUT2D eigenvalue weighted by atomic mass is 10.1. The smallest absolute Gasteiger partial charge is 0.337 e. The van der Waals surface area contributed by atoms with Crippen LogP contribution in [0.3, 0.4) is 0 Å². The number of methoxy groups -OCH3 is 1. The Morgan fingerprint density at radius 1 is 1.17 bits per heavy atom. The first-order chi connectivity index (χ1) is 13.9. The molecule has 1 amide bonds. The van der Waals surface area contributed by atoms with E-state index in [0.717, 1.165) is 41.0 Å². The molecule has 0 aromatic heterocycles. The number of carbonyl (C=O) groups excluding carboxylic acids is 2. The van der Waals surface area contributed by atoms with Gasteiger partial charge in [-0.05, 0) is 61.9 Å². The number of nitrogens with one attached hydrogen (secondary N) is 1. The average molecular weight is 460 g/mol. The molecule has 1 N–H and O–H groups in total. The summed E-state index contributed by atoms with van der Waals surface area (Å²) in [5, 5.41) is 3.01. The fraction of sp³-hybridized carbons (Fsp3) is 0.364. The third-order valence-electron chi connectivity index (χ3n) is 5.23. The normalized spacial score (nSPS) is 17.1. The van der Waals surface area contributed by atoms with E-state index in [1.54, 1.807) is 12.1 Å². The first kappa shape index (κ1) is 21.3. The van der Waals surface area contributed by atoms with Gasteiger partial charge in [0.15, 0.2) is 0 Å². The molecule has 0 aliphatic carbocycles. The van der Waals surface area contributed by atoms with Gasteiger partial charge in [0.05, 0.1) is 19.2 Å². The Balaban J connectivity index is 1.55. The van der Waals surface area contributed by atoms with Crippen LogP contribution < -0.4 is 10.2 Å². The standard InChI is InChI=1S/C22H26BrN3O3/c1-15-12-18(23)6-9-20(15)24-21(27)14-25-10-11-26(13-16(25)2)19-7-4-17(5-8-19)22(28)29-3/h4-9,12,16H,10-11,13-14H2,1-3H3,(H,24,27). The van der Waals surface area contributed by atoms with Gasteiger partial charge in [0.2, 0.25) is 5.91 Å². The Labute approximate surface area is 180 Å². The molecule has 6 nitrogen and oxygen atoms in total. The lowest BCUT2D eigenvalue weighted by Gasteiger charge is -2.40. The van der Waals surface area contributed by atoms with Crippen molar-refractivity contribution in [2.24, 2.45) is 0 Å². The van der Waals surface area contributed by atoms with Gasteiger partial charge in [0.25, 0.3) is 0 Å². The molecule has 2 aromatic rings. The first-order valence-corrected chi connectivity index (χ1v) is 10.4. The van der Waals surface area contributed by atoms with E-state index in [0.29, 0.717) is 12.1 Å². The molecule has 1 aliphatic heterocycles. The van der Waals surface area contributed by atoms with Gasteiger partial charge in [-0.25, -0.2) is 4.79 Å². The van der Waals surface area contributed by atoms with Crippen molar-refractivity contribution in [2.45, 2.75) is 19.9 Å². The van der Waals surface area contributed by atoms with Crippen LogP contribution in [-0.2, 0) is 9.53 Å². The van der Waals surface area contributed by atoms with E-state index >= 15 is 0 Å². The number of halogens is 1. The maximum absolute atomic E-state index is 12.5. The Kier molecular flexibility index (Phi) is 6.92. The van der Waals surface area contributed by atoms with E-state index in [9.17, 15) is 9.59 Å². The summed E-state index contributed by atoms with van der Waals surface area (Å²) in [4.78, 5) is 28.6. The second-order valence-electron chi connectivity index (χ2n) is 7.31. The van der Waals surface area contributed by atoms with E-state index in [-0.39, 0.29) is 17.9 Å². The fourth-order valence-electron chi connectivity index (χ4n) is 3.53. The van der Waals surface area contributed by atoms with Crippen molar-refractivity contribution >= 4 is 39.2 Å². The van der Waals surface area contributed by atoms with Crippen LogP contribution >= 0.6 is 15.9 Å². The Hall–Kier alpha value is -2.38. The quantitative estimate of drug-likeness (QED) is 0.690. The van der Waals surface area contributed by atoms with Crippen molar-refractivity contribution in [3.63, 3.8) is 0 Å². The summed E-state index contributed by atoms with van der Waals surface area (Å²) in [6, 6.07) is 13.5. The predicted molar refractivity (Wildman–Crippen MR) is 119 cm³/mol. The zero-order valence-corrected chi connectivity index (χ0v) is 18.5. The lowest BCUT2D eigenvalue weighted by molar-refractivity contribution is -0.117. The molecule has 1 aliphatic rings. The molecule has 1 unspecified atom stereocenters. The van der Waals surface area contributed by atoms with Gasteiger partial charge >= 0.3 is 5.97 Å². The van der Waals surface area contributed by atoms with Crippen molar-refractivity contribution in [1.29, 1.82) is 0 Å². The second-order valence-corrected chi connectivity index (χ2v) is 8.23. The van der Waals surface area contributed by atoms with Crippen LogP contribution in [0.15, 0.2) is 46.9 Å². The summed E-state index contributed by atoms with van der Waals surface area (Å²) in [6.45, 7) is 6.92. The zero-order valence-electron chi connectivity index (χ0n) is 16.9. The van der Waals surface area contributed by atoms with Gasteiger partial charge in [-0.15, -0.1) is 0 Å². The van der Waals surface area contributed by atoms with Crippen LogP contribution in [0.1, 0.15) is 22.8 Å². The second kappa shape index (κ2) is 9.41. The van der Waals surface area contributed by atoms with Gasteiger partial charge < -0.3 is 15.0 Å². The van der Waals surface area contributed by atoms with E-state index < -0.39 is 0 Å². The number of ether oxygens (including phenoxy) is 1. The summed E-state index contributed by atoms with van der Waals surface area (Å²) in [5.41, 5.74) is 3.48. The number of hydrogen-bond donors (Lipinski definition) is 1. The summed E-state index contributed by atoms with van der Waals surface area (Å²) in [5.74, 6) is -0.333. The molecular weight excluding hydrogens is 434 g/mol. The highest BCUT2D eigenvalue weighted by Crippen LogP contribution is 2.22. The molecule has 1 atom stereocenters. The van der Waals surface area contributed by atoms with Gasteiger partial charge in [-0.2, -0.15) is 0 Å². The van der Waals surface area contributed by atoms with E-state index in [1.165, 1.54) is 7.11 Å². The molecule has 0 bridgehead atoms. The molecule has 2 aromatic carbocycles. The fourth-order valence-corrected chi connectivity index (χ4v) is 4.01. The van der Waals surface area contributed by atoms with Gasteiger partial charge in [-0.3, -0.25) is 9.69 Å². The Morgan fingerprint density at radius 3 is 2.52 bits per heavy atom. The van der Waals surface area contributed by atoms with Crippen molar-refractivity contribution in [3.8, 4) is 0 Å².